The lowest BCUT2D eigenvalue weighted by molar-refractivity contribution is 0.133. The molecule has 158 valence electrons. The van der Waals surface area contributed by atoms with Gasteiger partial charge in [0.15, 0.2) is 0 Å². The summed E-state index contributed by atoms with van der Waals surface area (Å²) in [5.41, 5.74) is 0.446. The van der Waals surface area contributed by atoms with Crippen LogP contribution in [-0.4, -0.2) is 17.8 Å². The number of hydrogen-bond donors (Lipinski definition) is 2. The lowest BCUT2D eigenvalue weighted by Crippen LogP contribution is -2.46. The maximum Gasteiger partial charge on any atom is 0.129 e. The van der Waals surface area contributed by atoms with Crippen LogP contribution in [0.3, 0.4) is 0 Å². The maximum absolute atomic E-state index is 13.7. The van der Waals surface area contributed by atoms with E-state index in [0.717, 1.165) is 30.6 Å². The molecule has 1 aromatic heterocycles. The van der Waals surface area contributed by atoms with Crippen molar-refractivity contribution < 1.29 is 13.9 Å². The van der Waals surface area contributed by atoms with E-state index in [-0.39, 0.29) is 11.1 Å². The average molecular weight is 440 g/mol. The van der Waals surface area contributed by atoms with Crippen LogP contribution in [0.1, 0.15) is 59.4 Å². The molecule has 0 radical (unpaired) electrons. The SMILES string of the molecule is C=C(Cl)c1ccc(C2(NCC(O)CCc3cc(F)c(C)c(F)c3)CCCCC2)s1. The second kappa shape index (κ2) is 9.69. The molecule has 1 unspecified atom stereocenters. The Kier molecular flexibility index (Phi) is 7.49. The molecule has 2 nitrogen and oxygen atoms in total. The molecular formula is C23H28ClF2NOS. The number of hydrogen-bond acceptors (Lipinski definition) is 3. The molecule has 0 bridgehead atoms. The second-order valence-corrected chi connectivity index (χ2v) is 9.51. The van der Waals surface area contributed by atoms with Crippen LogP contribution < -0.4 is 5.32 Å². The van der Waals surface area contributed by atoms with Crippen LogP contribution in [0.5, 0.6) is 0 Å². The number of benzene rings is 1. The van der Waals surface area contributed by atoms with Crippen molar-refractivity contribution in [2.45, 2.75) is 63.5 Å². The first-order valence-electron chi connectivity index (χ1n) is 10.1. The van der Waals surface area contributed by atoms with Gasteiger partial charge in [0.1, 0.15) is 11.6 Å². The Morgan fingerprint density at radius 2 is 1.90 bits per heavy atom. The fourth-order valence-electron chi connectivity index (χ4n) is 4.00. The highest BCUT2D eigenvalue weighted by molar-refractivity contribution is 7.14. The van der Waals surface area contributed by atoms with E-state index in [1.807, 2.05) is 6.07 Å². The normalized spacial score (nSPS) is 17.3. The minimum Gasteiger partial charge on any atom is -0.392 e. The molecule has 1 fully saturated rings. The highest BCUT2D eigenvalue weighted by atomic mass is 35.5. The molecule has 0 spiro atoms. The number of aliphatic hydroxyl groups excluding tert-OH is 1. The van der Waals surface area contributed by atoms with Gasteiger partial charge in [0.25, 0.3) is 0 Å². The van der Waals surface area contributed by atoms with Crippen LogP contribution in [0.25, 0.3) is 5.03 Å². The minimum atomic E-state index is -0.594. The predicted molar refractivity (Wildman–Crippen MR) is 117 cm³/mol. The smallest absolute Gasteiger partial charge is 0.129 e. The number of aliphatic hydroxyl groups is 1. The van der Waals surface area contributed by atoms with Gasteiger partial charge in [-0.05, 0) is 62.4 Å². The van der Waals surface area contributed by atoms with Crippen LogP contribution in [0.4, 0.5) is 8.78 Å². The van der Waals surface area contributed by atoms with E-state index < -0.39 is 17.7 Å². The summed E-state index contributed by atoms with van der Waals surface area (Å²) in [5, 5.41) is 14.7. The van der Waals surface area contributed by atoms with Crippen molar-refractivity contribution in [3.8, 4) is 0 Å². The van der Waals surface area contributed by atoms with Crippen molar-refractivity contribution in [3.05, 3.63) is 63.4 Å². The maximum atomic E-state index is 13.7. The number of nitrogens with one attached hydrogen (secondary N) is 1. The van der Waals surface area contributed by atoms with E-state index in [1.54, 1.807) is 11.3 Å². The predicted octanol–water partition coefficient (Wildman–Crippen LogP) is 6.29. The molecule has 1 saturated carbocycles. The van der Waals surface area contributed by atoms with Crippen LogP contribution in [0, 0.1) is 18.6 Å². The number of thiophene rings is 1. The molecule has 3 rings (SSSR count). The van der Waals surface area contributed by atoms with Gasteiger partial charge in [-0.25, -0.2) is 8.78 Å². The van der Waals surface area contributed by atoms with Crippen LogP contribution in [0.2, 0.25) is 0 Å². The van der Waals surface area contributed by atoms with Crippen molar-refractivity contribution in [2.24, 2.45) is 0 Å². The fourth-order valence-corrected chi connectivity index (χ4v) is 5.27. The molecule has 0 aliphatic heterocycles. The third-order valence-corrected chi connectivity index (χ3v) is 7.50. The molecule has 1 aliphatic carbocycles. The lowest BCUT2D eigenvalue weighted by Gasteiger charge is -2.38. The summed E-state index contributed by atoms with van der Waals surface area (Å²) >= 11 is 7.72. The quantitative estimate of drug-likeness (QED) is 0.506. The number of rotatable bonds is 8. The van der Waals surface area contributed by atoms with Crippen LogP contribution in [0.15, 0.2) is 30.8 Å². The topological polar surface area (TPSA) is 32.3 Å². The third-order valence-electron chi connectivity index (χ3n) is 5.84. The first-order chi connectivity index (χ1) is 13.8. The van der Waals surface area contributed by atoms with E-state index in [2.05, 4.69) is 18.0 Å². The number of aryl methyl sites for hydroxylation is 1. The monoisotopic (exact) mass is 439 g/mol. The van der Waals surface area contributed by atoms with Crippen LogP contribution >= 0.6 is 22.9 Å². The summed E-state index contributed by atoms with van der Waals surface area (Å²) < 4.78 is 27.4. The van der Waals surface area contributed by atoms with E-state index in [9.17, 15) is 13.9 Å². The molecule has 1 aromatic carbocycles. The van der Waals surface area contributed by atoms with Crippen LogP contribution in [-0.2, 0) is 12.0 Å². The second-order valence-electron chi connectivity index (χ2n) is 7.97. The Labute approximate surface area is 180 Å². The van der Waals surface area contributed by atoms with Gasteiger partial charge in [-0.15, -0.1) is 11.3 Å². The van der Waals surface area contributed by atoms with Gasteiger partial charge in [0.05, 0.1) is 16.7 Å². The first-order valence-corrected chi connectivity index (χ1v) is 11.3. The Morgan fingerprint density at radius 3 is 2.48 bits per heavy atom. The van der Waals surface area contributed by atoms with E-state index in [0.29, 0.717) is 30.0 Å². The summed E-state index contributed by atoms with van der Waals surface area (Å²) in [7, 11) is 0. The first kappa shape index (κ1) is 22.4. The highest BCUT2D eigenvalue weighted by Gasteiger charge is 2.35. The molecular weight excluding hydrogens is 412 g/mol. The van der Waals surface area contributed by atoms with E-state index >= 15 is 0 Å². The molecule has 2 aromatic rings. The average Bonchev–Trinajstić information content (AvgIpc) is 3.21. The largest absolute Gasteiger partial charge is 0.392 e. The molecule has 0 saturated heterocycles. The molecule has 1 heterocycles. The van der Waals surface area contributed by atoms with Crippen molar-refractivity contribution in [2.75, 3.05) is 6.54 Å². The van der Waals surface area contributed by atoms with E-state index in [1.165, 1.54) is 30.4 Å². The molecule has 1 atom stereocenters. The summed E-state index contributed by atoms with van der Waals surface area (Å²) in [4.78, 5) is 2.20. The molecule has 6 heteroatoms. The van der Waals surface area contributed by atoms with Crippen molar-refractivity contribution in [1.29, 1.82) is 0 Å². The van der Waals surface area contributed by atoms with E-state index in [4.69, 9.17) is 11.6 Å². The van der Waals surface area contributed by atoms with Crippen molar-refractivity contribution in [3.63, 3.8) is 0 Å². The molecule has 2 N–H and O–H groups in total. The molecule has 0 amide bonds. The van der Waals surface area contributed by atoms with Gasteiger partial charge >= 0.3 is 0 Å². The van der Waals surface area contributed by atoms with Gasteiger partial charge in [-0.3, -0.25) is 0 Å². The Balaban J connectivity index is 1.62. The van der Waals surface area contributed by atoms with Gasteiger partial charge in [-0.2, -0.15) is 0 Å². The molecule has 1 aliphatic rings. The third kappa shape index (κ3) is 5.46. The van der Waals surface area contributed by atoms with Crippen molar-refractivity contribution >= 4 is 28.0 Å². The Morgan fingerprint density at radius 1 is 1.24 bits per heavy atom. The summed E-state index contributed by atoms with van der Waals surface area (Å²) in [6, 6.07) is 6.82. The zero-order valence-corrected chi connectivity index (χ0v) is 18.3. The Hall–Kier alpha value is -1.27. The summed E-state index contributed by atoms with van der Waals surface area (Å²) in [5.74, 6) is -1.08. The van der Waals surface area contributed by atoms with Gasteiger partial charge in [0.2, 0.25) is 0 Å². The summed E-state index contributed by atoms with van der Waals surface area (Å²) in [6.07, 6.45) is 5.81. The van der Waals surface area contributed by atoms with Gasteiger partial charge < -0.3 is 10.4 Å². The van der Waals surface area contributed by atoms with Gasteiger partial charge in [-0.1, -0.05) is 37.4 Å². The Bertz CT molecular complexity index is 837. The number of halogens is 3. The lowest BCUT2D eigenvalue weighted by atomic mass is 9.80. The standard InChI is InChI=1S/C23H28ClF2NOS/c1-15-19(25)12-17(13-20(15)26)6-7-18(28)14-27-23(10-4-3-5-11-23)22-9-8-21(29-22)16(2)24/h8-9,12-13,18,27-28H,2-7,10-11,14H2,1H3. The van der Waals surface area contributed by atoms with Gasteiger partial charge in [0, 0.05) is 21.9 Å². The van der Waals surface area contributed by atoms with Crippen molar-refractivity contribution in [1.82, 2.24) is 5.32 Å². The summed E-state index contributed by atoms with van der Waals surface area (Å²) in [6.45, 7) is 5.67. The molecule has 29 heavy (non-hydrogen) atoms. The zero-order valence-electron chi connectivity index (χ0n) is 16.7. The minimum absolute atomic E-state index is 0.0325. The highest BCUT2D eigenvalue weighted by Crippen LogP contribution is 2.41. The zero-order chi connectivity index (χ0) is 21.0. The fraction of sp³-hybridized carbons (Fsp3) is 0.478.